The van der Waals surface area contributed by atoms with Gasteiger partial charge < -0.3 is 19.7 Å². The predicted molar refractivity (Wildman–Crippen MR) is 147 cm³/mol. The molecule has 1 unspecified atom stereocenters. The molecule has 0 aliphatic rings. The van der Waals surface area contributed by atoms with Gasteiger partial charge in [0, 0.05) is 31.1 Å². The largest absolute Gasteiger partial charge is 0.484 e. The number of amides is 2. The topological polar surface area (TPSA) is 67.9 Å². The Labute approximate surface area is 224 Å². The van der Waals surface area contributed by atoms with Gasteiger partial charge in [0.05, 0.1) is 6.10 Å². The Bertz CT molecular complexity index is 1090. The van der Waals surface area contributed by atoms with Crippen molar-refractivity contribution in [3.8, 4) is 5.75 Å². The summed E-state index contributed by atoms with van der Waals surface area (Å²) in [4.78, 5) is 28.6. The molecule has 0 saturated carbocycles. The zero-order valence-corrected chi connectivity index (χ0v) is 22.2. The van der Waals surface area contributed by atoms with Crippen molar-refractivity contribution in [1.29, 1.82) is 0 Å². The van der Waals surface area contributed by atoms with Gasteiger partial charge in [-0.25, -0.2) is 0 Å². The Balaban J connectivity index is 1.81. The van der Waals surface area contributed by atoms with Crippen LogP contribution in [0.5, 0.6) is 5.75 Å². The molecule has 37 heavy (non-hydrogen) atoms. The van der Waals surface area contributed by atoms with Gasteiger partial charge >= 0.3 is 0 Å². The van der Waals surface area contributed by atoms with Crippen molar-refractivity contribution in [3.05, 3.63) is 101 Å². The highest BCUT2D eigenvalue weighted by atomic mass is 35.5. The van der Waals surface area contributed by atoms with Crippen LogP contribution in [0.1, 0.15) is 31.4 Å². The fraction of sp³-hybridized carbons (Fsp3) is 0.333. The summed E-state index contributed by atoms with van der Waals surface area (Å²) in [6.45, 7) is 5.03. The molecule has 0 bridgehead atoms. The van der Waals surface area contributed by atoms with Crippen molar-refractivity contribution in [2.45, 2.75) is 45.4 Å². The van der Waals surface area contributed by atoms with E-state index in [9.17, 15) is 9.59 Å². The maximum atomic E-state index is 13.6. The van der Waals surface area contributed by atoms with E-state index in [0.717, 1.165) is 11.1 Å². The third kappa shape index (κ3) is 9.90. The van der Waals surface area contributed by atoms with Crippen molar-refractivity contribution in [3.63, 3.8) is 0 Å². The molecule has 0 radical (unpaired) electrons. The minimum absolute atomic E-state index is 0.138. The number of benzene rings is 3. The number of para-hydroxylation sites is 1. The normalized spacial score (nSPS) is 11.7. The first-order valence-corrected chi connectivity index (χ1v) is 12.9. The Kier molecular flexibility index (Phi) is 11.5. The molecule has 1 N–H and O–H groups in total. The SMILES string of the molecule is CC(C)OCCCNC(=O)C(Cc1ccccc1)N(Cc1ccc(Cl)cc1)C(=O)COc1ccccc1. The summed E-state index contributed by atoms with van der Waals surface area (Å²) in [7, 11) is 0. The monoisotopic (exact) mass is 522 g/mol. The minimum Gasteiger partial charge on any atom is -0.484 e. The first kappa shape index (κ1) is 28.2. The average Bonchev–Trinajstić information content (AvgIpc) is 2.91. The fourth-order valence-corrected chi connectivity index (χ4v) is 3.93. The second kappa shape index (κ2) is 15.0. The van der Waals surface area contributed by atoms with Crippen molar-refractivity contribution in [1.82, 2.24) is 10.2 Å². The smallest absolute Gasteiger partial charge is 0.261 e. The van der Waals surface area contributed by atoms with Gasteiger partial charge in [-0.15, -0.1) is 0 Å². The van der Waals surface area contributed by atoms with Crippen LogP contribution in [0.4, 0.5) is 0 Å². The highest BCUT2D eigenvalue weighted by Gasteiger charge is 2.30. The molecule has 3 aromatic carbocycles. The molecule has 0 fully saturated rings. The third-order valence-electron chi connectivity index (χ3n) is 5.71. The van der Waals surface area contributed by atoms with Crippen molar-refractivity contribution < 1.29 is 19.1 Å². The quantitative estimate of drug-likeness (QED) is 0.292. The van der Waals surface area contributed by atoms with Crippen LogP contribution < -0.4 is 10.1 Å². The Hall–Kier alpha value is -3.35. The van der Waals surface area contributed by atoms with Gasteiger partial charge in [0.25, 0.3) is 5.91 Å². The van der Waals surface area contributed by atoms with E-state index < -0.39 is 6.04 Å². The molecular weight excluding hydrogens is 488 g/mol. The van der Waals surface area contributed by atoms with Crippen LogP contribution >= 0.6 is 11.6 Å². The number of nitrogens with zero attached hydrogens (tertiary/aromatic N) is 1. The minimum atomic E-state index is -0.726. The van der Waals surface area contributed by atoms with Gasteiger partial charge in [-0.1, -0.05) is 72.3 Å². The first-order valence-electron chi connectivity index (χ1n) is 12.6. The number of carbonyl (C=O) groups excluding carboxylic acids is 2. The summed E-state index contributed by atoms with van der Waals surface area (Å²) in [6, 6.07) is 25.4. The molecule has 7 heteroatoms. The van der Waals surface area contributed by atoms with Gasteiger partial charge in [-0.3, -0.25) is 9.59 Å². The number of rotatable bonds is 14. The highest BCUT2D eigenvalue weighted by molar-refractivity contribution is 6.30. The zero-order chi connectivity index (χ0) is 26.5. The summed E-state index contributed by atoms with van der Waals surface area (Å²) in [5.74, 6) is 0.102. The molecule has 3 rings (SSSR count). The zero-order valence-electron chi connectivity index (χ0n) is 21.4. The molecule has 2 amide bonds. The number of ether oxygens (including phenoxy) is 2. The Morgan fingerprint density at radius 1 is 0.892 bits per heavy atom. The number of nitrogens with one attached hydrogen (secondary N) is 1. The van der Waals surface area contributed by atoms with E-state index in [1.807, 2.05) is 74.5 Å². The van der Waals surface area contributed by atoms with Gasteiger partial charge in [0.15, 0.2) is 6.61 Å². The lowest BCUT2D eigenvalue weighted by Crippen LogP contribution is -2.52. The van der Waals surface area contributed by atoms with Crippen molar-refractivity contribution in [2.75, 3.05) is 19.8 Å². The molecular formula is C30H35ClN2O4. The van der Waals surface area contributed by atoms with Crippen LogP contribution in [0.25, 0.3) is 0 Å². The van der Waals surface area contributed by atoms with Crippen LogP contribution in [-0.4, -0.2) is 48.6 Å². The predicted octanol–water partition coefficient (Wildman–Crippen LogP) is 5.29. The molecule has 0 aliphatic carbocycles. The summed E-state index contributed by atoms with van der Waals surface area (Å²) in [5.41, 5.74) is 1.83. The standard InChI is InChI=1S/C30H35ClN2O4/c1-23(2)36-19-9-18-32-30(35)28(20-24-10-5-3-6-11-24)33(21-25-14-16-26(31)17-15-25)29(34)22-37-27-12-7-4-8-13-27/h3-8,10-17,23,28H,9,18-22H2,1-2H3,(H,32,35). The van der Waals surface area contributed by atoms with E-state index >= 15 is 0 Å². The van der Waals surface area contributed by atoms with Crippen LogP contribution in [0.15, 0.2) is 84.9 Å². The van der Waals surface area contributed by atoms with Gasteiger partial charge in [0.2, 0.25) is 5.91 Å². The van der Waals surface area contributed by atoms with Crippen LogP contribution in [0, 0.1) is 0 Å². The second-order valence-electron chi connectivity index (χ2n) is 9.02. The molecule has 0 saturated heterocycles. The van der Waals surface area contributed by atoms with E-state index in [1.54, 1.807) is 29.2 Å². The Morgan fingerprint density at radius 2 is 1.54 bits per heavy atom. The molecule has 196 valence electrons. The first-order chi connectivity index (χ1) is 17.9. The number of halogens is 1. The maximum Gasteiger partial charge on any atom is 0.261 e. The lowest BCUT2D eigenvalue weighted by molar-refractivity contribution is -0.142. The van der Waals surface area contributed by atoms with Crippen LogP contribution in [0.3, 0.4) is 0 Å². The van der Waals surface area contributed by atoms with E-state index in [2.05, 4.69) is 5.32 Å². The third-order valence-corrected chi connectivity index (χ3v) is 5.97. The molecule has 6 nitrogen and oxygen atoms in total. The van der Waals surface area contributed by atoms with E-state index in [0.29, 0.717) is 36.8 Å². The molecule has 1 atom stereocenters. The fourth-order valence-electron chi connectivity index (χ4n) is 3.81. The lowest BCUT2D eigenvalue weighted by Gasteiger charge is -2.31. The van der Waals surface area contributed by atoms with E-state index in [4.69, 9.17) is 21.1 Å². The summed E-state index contributed by atoms with van der Waals surface area (Å²) < 4.78 is 11.3. The average molecular weight is 523 g/mol. The molecule has 0 aromatic heterocycles. The molecule has 3 aromatic rings. The molecule has 0 heterocycles. The van der Waals surface area contributed by atoms with E-state index in [1.165, 1.54) is 0 Å². The van der Waals surface area contributed by atoms with Gasteiger partial charge in [-0.2, -0.15) is 0 Å². The summed E-state index contributed by atoms with van der Waals surface area (Å²) in [5, 5.41) is 3.61. The second-order valence-corrected chi connectivity index (χ2v) is 9.46. The van der Waals surface area contributed by atoms with Crippen LogP contribution in [-0.2, 0) is 27.3 Å². The lowest BCUT2D eigenvalue weighted by atomic mass is 10.0. The number of hydrogen-bond donors (Lipinski definition) is 1. The Morgan fingerprint density at radius 3 is 2.19 bits per heavy atom. The molecule has 0 aliphatic heterocycles. The number of hydrogen-bond acceptors (Lipinski definition) is 4. The maximum absolute atomic E-state index is 13.6. The van der Waals surface area contributed by atoms with Gasteiger partial charge in [0.1, 0.15) is 11.8 Å². The number of carbonyl (C=O) groups is 2. The summed E-state index contributed by atoms with van der Waals surface area (Å²) >= 11 is 6.08. The van der Waals surface area contributed by atoms with Crippen molar-refractivity contribution >= 4 is 23.4 Å². The summed E-state index contributed by atoms with van der Waals surface area (Å²) in [6.07, 6.45) is 1.20. The van der Waals surface area contributed by atoms with Gasteiger partial charge in [-0.05, 0) is 55.7 Å². The molecule has 0 spiro atoms. The van der Waals surface area contributed by atoms with Crippen molar-refractivity contribution in [2.24, 2.45) is 0 Å². The highest BCUT2D eigenvalue weighted by Crippen LogP contribution is 2.18. The van der Waals surface area contributed by atoms with E-state index in [-0.39, 0.29) is 31.1 Å². The van der Waals surface area contributed by atoms with Crippen LogP contribution in [0.2, 0.25) is 5.02 Å².